The lowest BCUT2D eigenvalue weighted by molar-refractivity contribution is 1.18. The Kier molecular flexibility index (Phi) is 2.13. The maximum Gasteiger partial charge on any atom is 0.130 e. The highest BCUT2D eigenvalue weighted by Gasteiger charge is 2.14. The molecule has 0 unspecified atom stereocenters. The zero-order chi connectivity index (χ0) is 11.2. The number of nitrogens with two attached hydrogens (primary N) is 1. The quantitative estimate of drug-likeness (QED) is 0.738. The lowest BCUT2D eigenvalue weighted by atomic mass is 10.1. The largest absolute Gasteiger partial charge is 0.396 e. The zero-order valence-corrected chi connectivity index (χ0v) is 9.70. The Balaban J connectivity index is 2.98. The monoisotopic (exact) mass is 217 g/mol. The third-order valence-corrected chi connectivity index (χ3v) is 3.78. The van der Waals surface area contributed by atoms with Crippen LogP contribution in [0.5, 0.6) is 0 Å². The van der Waals surface area contributed by atoms with Crippen molar-refractivity contribution >= 4 is 27.2 Å². The summed E-state index contributed by atoms with van der Waals surface area (Å²) in [5, 5.41) is 9.85. The minimum Gasteiger partial charge on any atom is -0.396 e. The number of pyridine rings is 1. The molecule has 15 heavy (non-hydrogen) atoms. The lowest BCUT2D eigenvalue weighted by Crippen LogP contribution is -1.93. The van der Waals surface area contributed by atoms with Gasteiger partial charge in [0.25, 0.3) is 0 Å². The van der Waals surface area contributed by atoms with Crippen LogP contribution in [0.15, 0.2) is 0 Å². The molecule has 2 N–H and O–H groups in total. The number of aromatic nitrogens is 1. The molecule has 0 saturated heterocycles. The molecule has 0 amide bonds. The second-order valence-electron chi connectivity index (χ2n) is 3.58. The Morgan fingerprint density at radius 3 is 2.53 bits per heavy atom. The summed E-state index contributed by atoms with van der Waals surface area (Å²) in [5.41, 5.74) is 9.78. The molecule has 2 heterocycles. The van der Waals surface area contributed by atoms with Crippen molar-refractivity contribution in [2.24, 2.45) is 0 Å². The summed E-state index contributed by atoms with van der Waals surface area (Å²) in [6, 6.07) is 2.10. The normalized spacial score (nSPS) is 10.5. The molecule has 0 aromatic carbocycles. The minimum absolute atomic E-state index is 0.561. The summed E-state index contributed by atoms with van der Waals surface area (Å²) in [4.78, 5) is 5.88. The highest BCUT2D eigenvalue weighted by atomic mass is 32.1. The average Bonchev–Trinajstić information content (AvgIpc) is 2.52. The van der Waals surface area contributed by atoms with E-state index in [1.807, 2.05) is 20.8 Å². The van der Waals surface area contributed by atoms with E-state index in [2.05, 4.69) is 11.1 Å². The fourth-order valence-corrected chi connectivity index (χ4v) is 2.65. The Morgan fingerprint density at radius 1 is 1.27 bits per heavy atom. The standard InChI is InChI=1S/C11H11N3S/c1-5-6(2)9-10(13)8(4-12)15-11(9)14-7(5)3/h13H2,1-3H3. The first-order valence-electron chi connectivity index (χ1n) is 4.62. The van der Waals surface area contributed by atoms with E-state index < -0.39 is 0 Å². The van der Waals surface area contributed by atoms with Crippen LogP contribution in [-0.4, -0.2) is 4.98 Å². The molecule has 0 aliphatic heterocycles. The van der Waals surface area contributed by atoms with Gasteiger partial charge in [-0.15, -0.1) is 11.3 Å². The van der Waals surface area contributed by atoms with Crippen LogP contribution < -0.4 is 5.73 Å². The van der Waals surface area contributed by atoms with Gasteiger partial charge >= 0.3 is 0 Å². The topological polar surface area (TPSA) is 62.7 Å². The van der Waals surface area contributed by atoms with Gasteiger partial charge in [0, 0.05) is 11.1 Å². The summed E-state index contributed by atoms with van der Waals surface area (Å²) in [6.07, 6.45) is 0. The zero-order valence-electron chi connectivity index (χ0n) is 8.88. The fourth-order valence-electron chi connectivity index (χ4n) is 1.65. The summed E-state index contributed by atoms with van der Waals surface area (Å²) < 4.78 is 0. The van der Waals surface area contributed by atoms with Crippen LogP contribution in [0.1, 0.15) is 21.7 Å². The van der Waals surface area contributed by atoms with Crippen LogP contribution in [0.3, 0.4) is 0 Å². The van der Waals surface area contributed by atoms with Crippen molar-refractivity contribution in [3.63, 3.8) is 0 Å². The lowest BCUT2D eigenvalue weighted by Gasteiger charge is -2.05. The molecule has 2 aromatic rings. The third kappa shape index (κ3) is 1.28. The second kappa shape index (κ2) is 3.21. The number of nitrogens with zero attached hydrogens (tertiary/aromatic N) is 2. The van der Waals surface area contributed by atoms with Crippen LogP contribution in [0.25, 0.3) is 10.2 Å². The number of thiophene rings is 1. The van der Waals surface area contributed by atoms with Crippen LogP contribution >= 0.6 is 11.3 Å². The molecule has 2 aromatic heterocycles. The maximum absolute atomic E-state index is 8.90. The van der Waals surface area contributed by atoms with Crippen molar-refractivity contribution in [2.45, 2.75) is 20.8 Å². The van der Waals surface area contributed by atoms with Crippen LogP contribution in [0.2, 0.25) is 0 Å². The smallest absolute Gasteiger partial charge is 0.130 e. The van der Waals surface area contributed by atoms with Gasteiger partial charge in [-0.2, -0.15) is 5.26 Å². The molecule has 0 aliphatic rings. The first-order chi connectivity index (χ1) is 7.06. The van der Waals surface area contributed by atoms with Crippen molar-refractivity contribution in [1.82, 2.24) is 4.98 Å². The van der Waals surface area contributed by atoms with Gasteiger partial charge in [0.05, 0.1) is 5.69 Å². The van der Waals surface area contributed by atoms with Gasteiger partial charge in [0.15, 0.2) is 0 Å². The SMILES string of the molecule is Cc1nc2sc(C#N)c(N)c2c(C)c1C. The number of rotatable bonds is 0. The van der Waals surface area contributed by atoms with Crippen molar-refractivity contribution in [2.75, 3.05) is 5.73 Å². The number of nitrogen functional groups attached to an aromatic ring is 1. The fraction of sp³-hybridized carbons (Fsp3) is 0.273. The van der Waals surface area contributed by atoms with E-state index in [0.717, 1.165) is 27.0 Å². The molecule has 0 atom stereocenters. The number of hydrogen-bond acceptors (Lipinski definition) is 4. The van der Waals surface area contributed by atoms with E-state index in [1.165, 1.54) is 11.3 Å². The highest BCUT2D eigenvalue weighted by Crippen LogP contribution is 2.35. The maximum atomic E-state index is 8.90. The highest BCUT2D eigenvalue weighted by molar-refractivity contribution is 7.19. The molecule has 0 spiro atoms. The number of fused-ring (bicyclic) bond motifs is 1. The van der Waals surface area contributed by atoms with Crippen LogP contribution in [0.4, 0.5) is 5.69 Å². The first kappa shape index (κ1) is 9.94. The average molecular weight is 217 g/mol. The molecule has 0 aliphatic carbocycles. The van der Waals surface area contributed by atoms with Gasteiger partial charge < -0.3 is 5.73 Å². The molecule has 0 fully saturated rings. The molecular weight excluding hydrogens is 206 g/mol. The van der Waals surface area contributed by atoms with Gasteiger partial charge in [-0.3, -0.25) is 0 Å². The first-order valence-corrected chi connectivity index (χ1v) is 5.43. The van der Waals surface area contributed by atoms with E-state index in [9.17, 15) is 0 Å². The van der Waals surface area contributed by atoms with Gasteiger partial charge in [-0.05, 0) is 31.9 Å². The van der Waals surface area contributed by atoms with Crippen molar-refractivity contribution in [1.29, 1.82) is 5.26 Å². The summed E-state index contributed by atoms with van der Waals surface area (Å²) in [6.45, 7) is 6.03. The third-order valence-electron chi connectivity index (χ3n) is 2.78. The van der Waals surface area contributed by atoms with Gasteiger partial charge in [-0.25, -0.2) is 4.98 Å². The molecule has 3 nitrogen and oxygen atoms in total. The molecule has 0 saturated carbocycles. The van der Waals surface area contributed by atoms with Gasteiger partial charge in [0.1, 0.15) is 15.8 Å². The second-order valence-corrected chi connectivity index (χ2v) is 4.58. The number of aryl methyl sites for hydroxylation is 2. The molecular formula is C11H11N3S. The van der Waals surface area contributed by atoms with Crippen LogP contribution in [-0.2, 0) is 0 Å². The predicted octanol–water partition coefficient (Wildman–Crippen LogP) is 2.68. The molecule has 2 rings (SSSR count). The molecule has 76 valence electrons. The molecule has 4 heteroatoms. The van der Waals surface area contributed by atoms with Gasteiger partial charge in [-0.1, -0.05) is 0 Å². The summed E-state index contributed by atoms with van der Waals surface area (Å²) in [5.74, 6) is 0. The van der Waals surface area contributed by atoms with Crippen LogP contribution in [0, 0.1) is 32.1 Å². The van der Waals surface area contributed by atoms with E-state index in [4.69, 9.17) is 11.0 Å². The van der Waals surface area contributed by atoms with Crippen molar-refractivity contribution in [3.8, 4) is 6.07 Å². The Hall–Kier alpha value is -1.60. The Morgan fingerprint density at radius 2 is 1.93 bits per heavy atom. The summed E-state index contributed by atoms with van der Waals surface area (Å²) >= 11 is 1.36. The van der Waals surface area contributed by atoms with Crippen molar-refractivity contribution < 1.29 is 0 Å². The van der Waals surface area contributed by atoms with E-state index in [1.54, 1.807) is 0 Å². The minimum atomic E-state index is 0.561. The van der Waals surface area contributed by atoms with Crippen molar-refractivity contribution in [3.05, 3.63) is 21.7 Å². The number of anilines is 1. The molecule has 0 radical (unpaired) electrons. The Labute approximate surface area is 92.2 Å². The summed E-state index contributed by atoms with van der Waals surface area (Å²) in [7, 11) is 0. The number of hydrogen-bond donors (Lipinski definition) is 1. The predicted molar refractivity (Wildman–Crippen MR) is 63.0 cm³/mol. The number of nitriles is 1. The van der Waals surface area contributed by atoms with E-state index >= 15 is 0 Å². The van der Waals surface area contributed by atoms with E-state index in [0.29, 0.717) is 10.6 Å². The Bertz CT molecular complexity index is 590. The van der Waals surface area contributed by atoms with E-state index in [-0.39, 0.29) is 0 Å². The van der Waals surface area contributed by atoms with Gasteiger partial charge in [0.2, 0.25) is 0 Å². The molecule has 0 bridgehead atoms.